The molecule has 1 aromatic rings. The van der Waals surface area contributed by atoms with Crippen LogP contribution in [-0.2, 0) is 0 Å². The largest absolute Gasteiger partial charge is 0.396 e. The molecule has 20 heavy (non-hydrogen) atoms. The Labute approximate surface area is 121 Å². The molecule has 2 aliphatic carbocycles. The number of hydrogen-bond donors (Lipinski definition) is 1. The summed E-state index contributed by atoms with van der Waals surface area (Å²) in [6, 6.07) is 4.02. The Morgan fingerprint density at radius 1 is 1.40 bits per heavy atom. The van der Waals surface area contributed by atoms with Gasteiger partial charge in [-0.15, -0.1) is 0 Å². The first-order valence-corrected chi connectivity index (χ1v) is 7.88. The van der Waals surface area contributed by atoms with Crippen LogP contribution in [0.3, 0.4) is 0 Å². The van der Waals surface area contributed by atoms with E-state index in [1.54, 1.807) is 0 Å². The molecule has 2 saturated carbocycles. The Morgan fingerprint density at radius 3 is 2.95 bits per heavy atom. The number of aliphatic imine (C=N–C) groups is 1. The summed E-state index contributed by atoms with van der Waals surface area (Å²) in [5.74, 6) is 3.26. The van der Waals surface area contributed by atoms with Crippen molar-refractivity contribution in [1.29, 1.82) is 0 Å². The van der Waals surface area contributed by atoms with E-state index >= 15 is 0 Å². The zero-order chi connectivity index (χ0) is 13.9. The fourth-order valence-corrected chi connectivity index (χ4v) is 3.97. The minimum Gasteiger partial charge on any atom is -0.396 e. The van der Waals surface area contributed by atoms with Crippen molar-refractivity contribution in [3.63, 3.8) is 0 Å². The molecule has 108 valence electrons. The highest BCUT2D eigenvalue weighted by molar-refractivity contribution is 5.89. The SMILES string of the molecule is Cc1cccnc1/N=C(/CCCO)C1CC2CCC1C2. The highest BCUT2D eigenvalue weighted by atomic mass is 16.2. The summed E-state index contributed by atoms with van der Waals surface area (Å²) in [5.41, 5.74) is 2.42. The number of aryl methyl sites for hydroxylation is 1. The molecule has 2 aliphatic rings. The summed E-state index contributed by atoms with van der Waals surface area (Å²) >= 11 is 0. The first-order valence-electron chi connectivity index (χ1n) is 7.88. The lowest BCUT2D eigenvalue weighted by molar-refractivity contribution is 0.289. The van der Waals surface area contributed by atoms with E-state index in [4.69, 9.17) is 10.1 Å². The zero-order valence-corrected chi connectivity index (χ0v) is 12.3. The fraction of sp³-hybridized carbons (Fsp3) is 0.647. The second kappa shape index (κ2) is 6.04. The molecule has 0 spiro atoms. The van der Waals surface area contributed by atoms with Gasteiger partial charge < -0.3 is 5.11 Å². The van der Waals surface area contributed by atoms with Crippen molar-refractivity contribution in [2.24, 2.45) is 22.7 Å². The maximum absolute atomic E-state index is 9.14. The van der Waals surface area contributed by atoms with Crippen LogP contribution in [0, 0.1) is 24.7 Å². The van der Waals surface area contributed by atoms with Crippen LogP contribution in [0.15, 0.2) is 23.3 Å². The van der Waals surface area contributed by atoms with E-state index in [-0.39, 0.29) is 6.61 Å². The van der Waals surface area contributed by atoms with Gasteiger partial charge in [0.1, 0.15) is 0 Å². The standard InChI is InChI=1S/C17H24N2O/c1-12-4-2-8-18-17(12)19-16(5-3-9-20)15-11-13-6-7-14(15)10-13/h2,4,8,13-15,20H,3,5-7,9-11H2,1H3/b19-16-. The highest BCUT2D eigenvalue weighted by Crippen LogP contribution is 2.49. The number of hydrogen-bond acceptors (Lipinski definition) is 3. The Bertz CT molecular complexity index is 498. The molecular weight excluding hydrogens is 248 g/mol. The highest BCUT2D eigenvalue weighted by Gasteiger charge is 2.41. The van der Waals surface area contributed by atoms with Gasteiger partial charge in [-0.1, -0.05) is 12.5 Å². The Balaban J connectivity index is 1.84. The smallest absolute Gasteiger partial charge is 0.154 e. The maximum Gasteiger partial charge on any atom is 0.154 e. The lowest BCUT2D eigenvalue weighted by Crippen LogP contribution is -2.21. The molecule has 0 saturated heterocycles. The van der Waals surface area contributed by atoms with Crippen LogP contribution >= 0.6 is 0 Å². The van der Waals surface area contributed by atoms with Crippen LogP contribution < -0.4 is 0 Å². The van der Waals surface area contributed by atoms with Gasteiger partial charge in [-0.05, 0) is 62.5 Å². The minimum atomic E-state index is 0.251. The van der Waals surface area contributed by atoms with E-state index in [1.165, 1.54) is 31.4 Å². The van der Waals surface area contributed by atoms with Crippen LogP contribution in [-0.4, -0.2) is 22.4 Å². The zero-order valence-electron chi connectivity index (χ0n) is 12.3. The first kappa shape index (κ1) is 13.7. The van der Waals surface area contributed by atoms with Gasteiger partial charge >= 0.3 is 0 Å². The van der Waals surface area contributed by atoms with E-state index < -0.39 is 0 Å². The quantitative estimate of drug-likeness (QED) is 0.831. The maximum atomic E-state index is 9.14. The molecule has 3 heteroatoms. The van der Waals surface area contributed by atoms with Gasteiger partial charge in [0, 0.05) is 24.4 Å². The average molecular weight is 272 g/mol. The van der Waals surface area contributed by atoms with Crippen molar-refractivity contribution in [3.05, 3.63) is 23.9 Å². The van der Waals surface area contributed by atoms with Crippen molar-refractivity contribution >= 4 is 11.5 Å². The molecule has 3 atom stereocenters. The molecular formula is C17H24N2O. The van der Waals surface area contributed by atoms with Gasteiger partial charge in [-0.2, -0.15) is 0 Å². The van der Waals surface area contributed by atoms with Gasteiger partial charge in [-0.3, -0.25) is 0 Å². The van der Waals surface area contributed by atoms with Crippen molar-refractivity contribution in [1.82, 2.24) is 4.98 Å². The van der Waals surface area contributed by atoms with E-state index in [9.17, 15) is 0 Å². The Morgan fingerprint density at radius 2 is 2.30 bits per heavy atom. The minimum absolute atomic E-state index is 0.251. The molecule has 0 amide bonds. The van der Waals surface area contributed by atoms with E-state index in [1.807, 2.05) is 12.3 Å². The monoisotopic (exact) mass is 272 g/mol. The topological polar surface area (TPSA) is 45.5 Å². The number of pyridine rings is 1. The third-order valence-corrected chi connectivity index (χ3v) is 4.99. The van der Waals surface area contributed by atoms with E-state index in [0.29, 0.717) is 5.92 Å². The van der Waals surface area contributed by atoms with Crippen LogP contribution in [0.4, 0.5) is 5.82 Å². The molecule has 0 aromatic carbocycles. The van der Waals surface area contributed by atoms with Crippen LogP contribution in [0.5, 0.6) is 0 Å². The predicted molar refractivity (Wildman–Crippen MR) is 81.3 cm³/mol. The summed E-state index contributed by atoms with van der Waals surface area (Å²) < 4.78 is 0. The molecule has 3 unspecified atom stereocenters. The lowest BCUT2D eigenvalue weighted by atomic mass is 9.83. The molecule has 2 bridgehead atoms. The van der Waals surface area contributed by atoms with Crippen molar-refractivity contribution in [2.45, 2.75) is 45.4 Å². The molecule has 1 N–H and O–H groups in total. The number of aliphatic hydroxyl groups is 1. The first-order chi connectivity index (χ1) is 9.78. The Hall–Kier alpha value is -1.22. The van der Waals surface area contributed by atoms with E-state index in [2.05, 4.69) is 18.0 Å². The average Bonchev–Trinajstić information content (AvgIpc) is 3.08. The number of aromatic nitrogens is 1. The van der Waals surface area contributed by atoms with Gasteiger partial charge in [0.15, 0.2) is 5.82 Å². The molecule has 1 heterocycles. The van der Waals surface area contributed by atoms with Crippen molar-refractivity contribution < 1.29 is 5.11 Å². The molecule has 3 rings (SSSR count). The predicted octanol–water partition coefficient (Wildman–Crippen LogP) is 3.67. The lowest BCUT2D eigenvalue weighted by Gasteiger charge is -2.23. The second-order valence-corrected chi connectivity index (χ2v) is 6.36. The summed E-state index contributed by atoms with van der Waals surface area (Å²) in [4.78, 5) is 9.30. The molecule has 1 aromatic heterocycles. The van der Waals surface area contributed by atoms with Gasteiger partial charge in [-0.25, -0.2) is 9.98 Å². The van der Waals surface area contributed by atoms with Crippen LogP contribution in [0.1, 0.15) is 44.1 Å². The number of nitrogens with zero attached hydrogens (tertiary/aromatic N) is 2. The normalized spacial score (nSPS) is 29.1. The number of fused-ring (bicyclic) bond motifs is 2. The second-order valence-electron chi connectivity index (χ2n) is 6.36. The van der Waals surface area contributed by atoms with Crippen LogP contribution in [0.25, 0.3) is 0 Å². The molecule has 2 fully saturated rings. The van der Waals surface area contributed by atoms with Gasteiger partial charge in [0.25, 0.3) is 0 Å². The third-order valence-electron chi connectivity index (χ3n) is 4.99. The summed E-state index contributed by atoms with van der Waals surface area (Å²) in [6.07, 6.45) is 9.03. The van der Waals surface area contributed by atoms with Gasteiger partial charge in [0.05, 0.1) is 0 Å². The third kappa shape index (κ3) is 2.78. The summed E-state index contributed by atoms with van der Waals surface area (Å²) in [5, 5.41) is 9.14. The van der Waals surface area contributed by atoms with Gasteiger partial charge in [0.2, 0.25) is 0 Å². The van der Waals surface area contributed by atoms with E-state index in [0.717, 1.165) is 36.1 Å². The Kier molecular flexibility index (Phi) is 4.16. The summed E-state index contributed by atoms with van der Waals surface area (Å²) in [7, 11) is 0. The fourth-order valence-electron chi connectivity index (χ4n) is 3.97. The van der Waals surface area contributed by atoms with Crippen molar-refractivity contribution in [2.75, 3.05) is 6.61 Å². The molecule has 0 aliphatic heterocycles. The molecule has 3 nitrogen and oxygen atoms in total. The molecule has 0 radical (unpaired) electrons. The number of aliphatic hydroxyl groups excluding tert-OH is 1. The van der Waals surface area contributed by atoms with Crippen LogP contribution in [0.2, 0.25) is 0 Å². The summed E-state index contributed by atoms with van der Waals surface area (Å²) in [6.45, 7) is 2.32. The van der Waals surface area contributed by atoms with Crippen molar-refractivity contribution in [3.8, 4) is 0 Å². The number of rotatable bonds is 5.